The number of alkyl halides is 1. The molecule has 0 aliphatic carbocycles. The van der Waals surface area contributed by atoms with Crippen LogP contribution in [0, 0.1) is 0 Å². The summed E-state index contributed by atoms with van der Waals surface area (Å²) < 4.78 is 6.74. The molecule has 3 rings (SSSR count). The highest BCUT2D eigenvalue weighted by Crippen LogP contribution is 2.27. The number of amides is 1. The molecule has 20 heavy (non-hydrogen) atoms. The lowest BCUT2D eigenvalue weighted by atomic mass is 10.2. The van der Waals surface area contributed by atoms with E-state index in [0.717, 1.165) is 15.0 Å². The van der Waals surface area contributed by atoms with Crippen LogP contribution < -0.4 is 0 Å². The van der Waals surface area contributed by atoms with Crippen molar-refractivity contribution in [1.82, 2.24) is 4.90 Å². The van der Waals surface area contributed by atoms with Crippen molar-refractivity contribution >= 4 is 38.9 Å². The fourth-order valence-electron chi connectivity index (χ4n) is 2.42. The van der Waals surface area contributed by atoms with Gasteiger partial charge in [-0.15, -0.1) is 22.9 Å². The van der Waals surface area contributed by atoms with Gasteiger partial charge in [0.1, 0.15) is 0 Å². The Morgan fingerprint density at radius 3 is 3.05 bits per heavy atom. The number of thiophene rings is 1. The maximum absolute atomic E-state index is 12.7. The third-order valence-electron chi connectivity index (χ3n) is 3.57. The zero-order valence-corrected chi connectivity index (χ0v) is 12.8. The van der Waals surface area contributed by atoms with Crippen LogP contribution in [0.3, 0.4) is 0 Å². The lowest BCUT2D eigenvalue weighted by Crippen LogP contribution is -2.51. The monoisotopic (exact) mass is 309 g/mol. The Labute approximate surface area is 127 Å². The largest absolute Gasteiger partial charge is 0.373 e. The van der Waals surface area contributed by atoms with Crippen LogP contribution in [-0.2, 0) is 4.74 Å². The molecule has 5 heteroatoms. The molecule has 1 saturated heterocycles. The summed E-state index contributed by atoms with van der Waals surface area (Å²) in [6.07, 6.45) is -0.0637. The molecule has 3 nitrogen and oxygen atoms in total. The first kappa shape index (κ1) is 13.9. The number of halogens is 1. The van der Waals surface area contributed by atoms with E-state index < -0.39 is 0 Å². The van der Waals surface area contributed by atoms with E-state index >= 15 is 0 Å². The second-order valence-electron chi connectivity index (χ2n) is 5.06. The molecule has 0 radical (unpaired) electrons. The van der Waals surface area contributed by atoms with Gasteiger partial charge < -0.3 is 9.64 Å². The smallest absolute Gasteiger partial charge is 0.264 e. The van der Waals surface area contributed by atoms with Crippen LogP contribution in [0.25, 0.3) is 10.1 Å². The number of nitrogens with zero attached hydrogens (tertiary/aromatic N) is 1. The van der Waals surface area contributed by atoms with E-state index in [2.05, 4.69) is 0 Å². The van der Waals surface area contributed by atoms with Gasteiger partial charge in [0, 0.05) is 11.2 Å². The second-order valence-corrected chi connectivity index (χ2v) is 6.46. The zero-order chi connectivity index (χ0) is 14.1. The number of hydrogen-bond acceptors (Lipinski definition) is 3. The molecule has 1 aromatic carbocycles. The van der Waals surface area contributed by atoms with Gasteiger partial charge in [0.25, 0.3) is 5.91 Å². The molecule has 1 aliphatic rings. The molecule has 2 aromatic rings. The lowest BCUT2D eigenvalue weighted by Gasteiger charge is -2.37. The molecular weight excluding hydrogens is 294 g/mol. The summed E-state index contributed by atoms with van der Waals surface area (Å²) in [6.45, 7) is 3.13. The lowest BCUT2D eigenvalue weighted by molar-refractivity contribution is -0.0370. The highest BCUT2D eigenvalue weighted by atomic mass is 35.5. The summed E-state index contributed by atoms with van der Waals surface area (Å²) in [5.41, 5.74) is 0. The van der Waals surface area contributed by atoms with Gasteiger partial charge in [0.2, 0.25) is 0 Å². The fourth-order valence-corrected chi connectivity index (χ4v) is 3.63. The predicted molar refractivity (Wildman–Crippen MR) is 82.8 cm³/mol. The first-order valence-electron chi connectivity index (χ1n) is 6.66. The summed E-state index contributed by atoms with van der Waals surface area (Å²) in [5, 5.41) is 1.12. The normalized spacial score (nSPS) is 23.2. The first-order chi connectivity index (χ1) is 9.69. The number of morpholine rings is 1. The van der Waals surface area contributed by atoms with Crippen LogP contribution in [0.4, 0.5) is 0 Å². The van der Waals surface area contributed by atoms with Crippen molar-refractivity contribution in [3.8, 4) is 0 Å². The van der Waals surface area contributed by atoms with Gasteiger partial charge in [-0.3, -0.25) is 4.79 Å². The Morgan fingerprint density at radius 2 is 2.30 bits per heavy atom. The van der Waals surface area contributed by atoms with Gasteiger partial charge in [0.05, 0.1) is 29.5 Å². The molecular formula is C15H16ClNO2S. The number of carbonyl (C=O) groups is 1. The summed E-state index contributed by atoms with van der Waals surface area (Å²) in [6, 6.07) is 10.1. The SMILES string of the molecule is CC1COC(CCl)CN1C(=O)c1cc2ccccc2s1. The molecule has 0 saturated carbocycles. The highest BCUT2D eigenvalue weighted by Gasteiger charge is 2.30. The van der Waals surface area contributed by atoms with Crippen molar-refractivity contribution in [2.75, 3.05) is 19.0 Å². The van der Waals surface area contributed by atoms with Crippen LogP contribution in [-0.4, -0.2) is 42.0 Å². The van der Waals surface area contributed by atoms with Crippen molar-refractivity contribution in [3.63, 3.8) is 0 Å². The van der Waals surface area contributed by atoms with Gasteiger partial charge in [-0.1, -0.05) is 18.2 Å². The molecule has 1 amide bonds. The van der Waals surface area contributed by atoms with E-state index in [0.29, 0.717) is 19.0 Å². The molecule has 1 aromatic heterocycles. The minimum atomic E-state index is -0.0637. The molecule has 0 bridgehead atoms. The van der Waals surface area contributed by atoms with Crippen LogP contribution in [0.15, 0.2) is 30.3 Å². The van der Waals surface area contributed by atoms with Crippen LogP contribution in [0.2, 0.25) is 0 Å². The number of carbonyl (C=O) groups excluding carboxylic acids is 1. The third-order valence-corrected chi connectivity index (χ3v) is 5.02. The minimum Gasteiger partial charge on any atom is -0.373 e. The molecule has 2 unspecified atom stereocenters. The van der Waals surface area contributed by atoms with Gasteiger partial charge >= 0.3 is 0 Å². The van der Waals surface area contributed by atoms with Gasteiger partial charge in [0.15, 0.2) is 0 Å². The Balaban J connectivity index is 1.86. The van der Waals surface area contributed by atoms with E-state index in [4.69, 9.17) is 16.3 Å². The zero-order valence-electron chi connectivity index (χ0n) is 11.2. The van der Waals surface area contributed by atoms with Gasteiger partial charge in [-0.2, -0.15) is 0 Å². The Bertz CT molecular complexity index is 594. The summed E-state index contributed by atoms with van der Waals surface area (Å²) in [7, 11) is 0. The molecule has 0 N–H and O–H groups in total. The van der Waals surface area contributed by atoms with Gasteiger partial charge in [-0.05, 0) is 24.4 Å². The van der Waals surface area contributed by atoms with E-state index in [1.165, 1.54) is 0 Å². The van der Waals surface area contributed by atoms with Crippen LogP contribution >= 0.6 is 22.9 Å². The summed E-state index contributed by atoms with van der Waals surface area (Å²) >= 11 is 7.39. The molecule has 1 aliphatic heterocycles. The Hall–Kier alpha value is -1.10. The second kappa shape index (κ2) is 5.72. The number of benzene rings is 1. The average molecular weight is 310 g/mol. The maximum Gasteiger partial charge on any atom is 0.264 e. The number of hydrogen-bond donors (Lipinski definition) is 0. The minimum absolute atomic E-state index is 0.0637. The molecule has 1 fully saturated rings. The number of fused-ring (bicyclic) bond motifs is 1. The molecule has 106 valence electrons. The summed E-state index contributed by atoms with van der Waals surface area (Å²) in [4.78, 5) is 15.3. The quantitative estimate of drug-likeness (QED) is 0.796. The average Bonchev–Trinajstić information content (AvgIpc) is 2.91. The number of ether oxygens (including phenoxy) is 1. The molecule has 2 heterocycles. The summed E-state index contributed by atoms with van der Waals surface area (Å²) in [5.74, 6) is 0.500. The van der Waals surface area contributed by atoms with E-state index in [-0.39, 0.29) is 18.1 Å². The molecule has 0 spiro atoms. The van der Waals surface area contributed by atoms with Crippen molar-refractivity contribution in [2.45, 2.75) is 19.1 Å². The highest BCUT2D eigenvalue weighted by molar-refractivity contribution is 7.20. The van der Waals surface area contributed by atoms with Gasteiger partial charge in [-0.25, -0.2) is 0 Å². The Morgan fingerprint density at radius 1 is 1.50 bits per heavy atom. The fraction of sp³-hybridized carbons (Fsp3) is 0.400. The Kier molecular flexibility index (Phi) is 3.96. The van der Waals surface area contributed by atoms with Crippen molar-refractivity contribution in [2.24, 2.45) is 0 Å². The van der Waals surface area contributed by atoms with E-state index in [9.17, 15) is 4.79 Å². The van der Waals surface area contributed by atoms with Crippen molar-refractivity contribution < 1.29 is 9.53 Å². The standard InChI is InChI=1S/C15H16ClNO2S/c1-10-9-19-12(7-16)8-17(10)15(18)14-6-11-4-2-3-5-13(11)20-14/h2-6,10,12H,7-9H2,1H3. The van der Waals surface area contributed by atoms with Crippen LogP contribution in [0.5, 0.6) is 0 Å². The van der Waals surface area contributed by atoms with E-state index in [1.54, 1.807) is 11.3 Å². The first-order valence-corrected chi connectivity index (χ1v) is 8.01. The van der Waals surface area contributed by atoms with Crippen molar-refractivity contribution in [1.29, 1.82) is 0 Å². The van der Waals surface area contributed by atoms with Crippen molar-refractivity contribution in [3.05, 3.63) is 35.2 Å². The number of rotatable bonds is 2. The molecule has 2 atom stereocenters. The maximum atomic E-state index is 12.7. The van der Waals surface area contributed by atoms with Crippen LogP contribution in [0.1, 0.15) is 16.6 Å². The topological polar surface area (TPSA) is 29.5 Å². The predicted octanol–water partition coefficient (Wildman–Crippen LogP) is 3.37. The van der Waals surface area contributed by atoms with E-state index in [1.807, 2.05) is 42.2 Å². The third kappa shape index (κ3) is 2.55.